The van der Waals surface area contributed by atoms with E-state index < -0.39 is 0 Å². The third-order valence-corrected chi connectivity index (χ3v) is 6.70. The van der Waals surface area contributed by atoms with Crippen LogP contribution in [0.25, 0.3) is 11.0 Å². The quantitative estimate of drug-likeness (QED) is 0.551. The van der Waals surface area contributed by atoms with E-state index in [9.17, 15) is 9.59 Å². The van der Waals surface area contributed by atoms with Gasteiger partial charge in [-0.15, -0.1) is 11.3 Å². The summed E-state index contributed by atoms with van der Waals surface area (Å²) >= 11 is 1.84. The molecule has 0 atom stereocenters. The number of amides is 1. The van der Waals surface area contributed by atoms with Crippen LogP contribution >= 0.6 is 11.3 Å². The summed E-state index contributed by atoms with van der Waals surface area (Å²) in [4.78, 5) is 28.9. The Kier molecular flexibility index (Phi) is 4.67. The van der Waals surface area contributed by atoms with E-state index in [2.05, 4.69) is 21.7 Å². The van der Waals surface area contributed by atoms with E-state index in [0.717, 1.165) is 41.9 Å². The van der Waals surface area contributed by atoms with Crippen LogP contribution in [0.4, 0.5) is 11.4 Å². The minimum absolute atomic E-state index is 0.0189. The van der Waals surface area contributed by atoms with E-state index >= 15 is 0 Å². The molecule has 3 heterocycles. The van der Waals surface area contributed by atoms with Crippen LogP contribution in [0.2, 0.25) is 0 Å². The van der Waals surface area contributed by atoms with Crippen LogP contribution in [-0.4, -0.2) is 21.6 Å². The maximum Gasteiger partial charge on any atom is 0.329 e. The molecule has 1 N–H and O–H groups in total. The first-order valence-electron chi connectivity index (χ1n) is 9.94. The molecule has 0 aliphatic carbocycles. The summed E-state index contributed by atoms with van der Waals surface area (Å²) in [6.07, 6.45) is 1.07. The van der Waals surface area contributed by atoms with Gasteiger partial charge in [-0.1, -0.05) is 12.1 Å². The number of aromatic nitrogens is 2. The van der Waals surface area contributed by atoms with Gasteiger partial charge in [0, 0.05) is 36.4 Å². The van der Waals surface area contributed by atoms with Crippen molar-refractivity contribution in [3.8, 4) is 0 Å². The molecule has 0 radical (unpaired) electrons. The molecule has 0 saturated carbocycles. The van der Waals surface area contributed by atoms with Crippen molar-refractivity contribution >= 4 is 39.7 Å². The maximum atomic E-state index is 12.6. The van der Waals surface area contributed by atoms with Gasteiger partial charge in [0.25, 0.3) is 0 Å². The van der Waals surface area contributed by atoms with E-state index in [-0.39, 0.29) is 18.1 Å². The summed E-state index contributed by atoms with van der Waals surface area (Å²) in [7, 11) is 1.72. The number of imidazole rings is 1. The van der Waals surface area contributed by atoms with Crippen molar-refractivity contribution in [1.29, 1.82) is 0 Å². The molecule has 1 aliphatic heterocycles. The van der Waals surface area contributed by atoms with Gasteiger partial charge in [-0.05, 0) is 59.8 Å². The molecular weight excluding hydrogens is 396 g/mol. The highest BCUT2D eigenvalue weighted by Crippen LogP contribution is 2.28. The first-order chi connectivity index (χ1) is 14.6. The first-order valence-corrected chi connectivity index (χ1v) is 10.8. The van der Waals surface area contributed by atoms with Gasteiger partial charge in [0.05, 0.1) is 11.0 Å². The zero-order valence-electron chi connectivity index (χ0n) is 16.7. The first kappa shape index (κ1) is 18.7. The Bertz CT molecular complexity index is 1280. The van der Waals surface area contributed by atoms with Gasteiger partial charge in [-0.25, -0.2) is 4.79 Å². The Hall–Kier alpha value is -3.32. The van der Waals surface area contributed by atoms with Crippen LogP contribution in [0.5, 0.6) is 0 Å². The Morgan fingerprint density at radius 3 is 2.63 bits per heavy atom. The highest BCUT2D eigenvalue weighted by molar-refractivity contribution is 7.10. The van der Waals surface area contributed by atoms with Gasteiger partial charge in [-0.2, -0.15) is 0 Å². The fourth-order valence-electron chi connectivity index (χ4n) is 4.08. The molecule has 152 valence electrons. The fraction of sp³-hybridized carbons (Fsp3) is 0.217. The second kappa shape index (κ2) is 7.50. The number of fused-ring (bicyclic) bond motifs is 2. The number of aryl methyl sites for hydroxylation is 1. The molecule has 0 saturated heterocycles. The number of rotatable bonds is 4. The number of hydrogen-bond acceptors (Lipinski definition) is 4. The average Bonchev–Trinajstić information content (AvgIpc) is 3.33. The zero-order chi connectivity index (χ0) is 20.7. The SMILES string of the molecule is Cn1c(=O)n(CC(=O)Nc2ccc(N3CCc4sccc4C3)cc2)c2ccccc21. The molecule has 0 spiro atoms. The molecule has 0 unspecified atom stereocenters. The lowest BCUT2D eigenvalue weighted by atomic mass is 10.1. The lowest BCUT2D eigenvalue weighted by Crippen LogP contribution is -2.29. The normalized spacial score (nSPS) is 13.4. The number of hydrogen-bond donors (Lipinski definition) is 1. The largest absolute Gasteiger partial charge is 0.367 e. The fourth-order valence-corrected chi connectivity index (χ4v) is 4.97. The van der Waals surface area contributed by atoms with E-state index in [1.54, 1.807) is 11.6 Å². The molecule has 7 heteroatoms. The average molecular weight is 419 g/mol. The summed E-state index contributed by atoms with van der Waals surface area (Å²) in [6.45, 7) is 1.91. The van der Waals surface area contributed by atoms with Gasteiger partial charge in [0.2, 0.25) is 5.91 Å². The van der Waals surface area contributed by atoms with Crippen LogP contribution in [0.15, 0.2) is 64.8 Å². The standard InChI is InChI=1S/C23H22N4O2S/c1-25-19-4-2-3-5-20(19)27(23(25)29)15-22(28)24-17-6-8-18(9-7-17)26-12-10-21-16(14-26)11-13-30-21/h2-9,11,13H,10,12,14-15H2,1H3,(H,24,28). The molecule has 0 bridgehead atoms. The molecule has 0 fully saturated rings. The predicted molar refractivity (Wildman–Crippen MR) is 121 cm³/mol. The summed E-state index contributed by atoms with van der Waals surface area (Å²) in [5, 5.41) is 5.07. The number of para-hydroxylation sites is 2. The molecule has 1 aliphatic rings. The van der Waals surface area contributed by atoms with Crippen LogP contribution < -0.4 is 15.9 Å². The predicted octanol–water partition coefficient (Wildman–Crippen LogP) is 3.60. The second-order valence-electron chi connectivity index (χ2n) is 7.55. The van der Waals surface area contributed by atoms with Crippen LogP contribution in [0, 0.1) is 0 Å². The number of nitrogens with one attached hydrogen (secondary N) is 1. The van der Waals surface area contributed by atoms with Gasteiger partial charge < -0.3 is 10.2 Å². The lowest BCUT2D eigenvalue weighted by Gasteiger charge is -2.29. The van der Waals surface area contributed by atoms with Crippen molar-refractivity contribution in [2.45, 2.75) is 19.5 Å². The van der Waals surface area contributed by atoms with Gasteiger partial charge in [0.15, 0.2) is 0 Å². The molecule has 5 rings (SSSR count). The highest BCUT2D eigenvalue weighted by Gasteiger charge is 2.18. The van der Waals surface area contributed by atoms with Gasteiger partial charge >= 0.3 is 5.69 Å². The topological polar surface area (TPSA) is 59.3 Å². The molecule has 2 aromatic heterocycles. The van der Waals surface area contributed by atoms with Crippen molar-refractivity contribution in [2.24, 2.45) is 7.05 Å². The summed E-state index contributed by atoms with van der Waals surface area (Å²) < 4.78 is 3.07. The summed E-state index contributed by atoms with van der Waals surface area (Å²) in [6, 6.07) is 17.6. The molecule has 1 amide bonds. The van der Waals surface area contributed by atoms with Crippen LogP contribution in [0.3, 0.4) is 0 Å². The van der Waals surface area contributed by atoms with Crippen molar-refractivity contribution < 1.29 is 4.79 Å². The van der Waals surface area contributed by atoms with E-state index in [4.69, 9.17) is 0 Å². The zero-order valence-corrected chi connectivity index (χ0v) is 17.5. The summed E-state index contributed by atoms with van der Waals surface area (Å²) in [5.41, 5.74) is 4.66. The van der Waals surface area contributed by atoms with Crippen molar-refractivity contribution in [3.05, 3.63) is 80.9 Å². The smallest absolute Gasteiger partial charge is 0.329 e. The highest BCUT2D eigenvalue weighted by atomic mass is 32.1. The molecule has 2 aromatic carbocycles. The summed E-state index contributed by atoms with van der Waals surface area (Å²) in [5.74, 6) is -0.220. The van der Waals surface area contributed by atoms with E-state index in [1.807, 2.05) is 59.9 Å². The monoisotopic (exact) mass is 418 g/mol. The van der Waals surface area contributed by atoms with Crippen molar-refractivity contribution in [3.63, 3.8) is 0 Å². The molecule has 30 heavy (non-hydrogen) atoms. The minimum Gasteiger partial charge on any atom is -0.367 e. The molecular formula is C23H22N4O2S. The molecule has 4 aromatic rings. The molecule has 6 nitrogen and oxygen atoms in total. The third-order valence-electron chi connectivity index (χ3n) is 5.68. The van der Waals surface area contributed by atoms with Crippen molar-refractivity contribution in [2.75, 3.05) is 16.8 Å². The number of benzene rings is 2. The number of carbonyl (C=O) groups is 1. The van der Waals surface area contributed by atoms with Gasteiger partial charge in [-0.3, -0.25) is 13.9 Å². The Balaban J connectivity index is 1.28. The Morgan fingerprint density at radius 2 is 1.83 bits per heavy atom. The number of anilines is 2. The Morgan fingerprint density at radius 1 is 1.07 bits per heavy atom. The lowest BCUT2D eigenvalue weighted by molar-refractivity contribution is -0.116. The maximum absolute atomic E-state index is 12.6. The van der Waals surface area contributed by atoms with E-state index in [1.165, 1.54) is 15.0 Å². The number of carbonyl (C=O) groups excluding carboxylic acids is 1. The van der Waals surface area contributed by atoms with Crippen molar-refractivity contribution in [1.82, 2.24) is 9.13 Å². The van der Waals surface area contributed by atoms with Gasteiger partial charge in [0.1, 0.15) is 6.54 Å². The van der Waals surface area contributed by atoms with Crippen LogP contribution in [0.1, 0.15) is 10.4 Å². The van der Waals surface area contributed by atoms with Crippen LogP contribution in [-0.2, 0) is 31.4 Å². The van der Waals surface area contributed by atoms with E-state index in [0.29, 0.717) is 0 Å². The second-order valence-corrected chi connectivity index (χ2v) is 8.55. The minimum atomic E-state index is -0.220. The third kappa shape index (κ3) is 3.31. The Labute approximate surface area is 178 Å². The number of thiophene rings is 1. The number of nitrogens with zero attached hydrogens (tertiary/aromatic N) is 3.